The number of amides is 1. The number of azide groups is 1. The van der Waals surface area contributed by atoms with Crippen molar-refractivity contribution in [2.24, 2.45) is 10.1 Å². The molecular weight excluding hydrogens is 524 g/mol. The molecule has 2 atom stereocenters. The van der Waals surface area contributed by atoms with Crippen LogP contribution < -0.4 is 14.9 Å². The molecular formula is C30H34N6O5. The zero-order valence-electron chi connectivity index (χ0n) is 23.4. The van der Waals surface area contributed by atoms with E-state index in [1.165, 1.54) is 0 Å². The summed E-state index contributed by atoms with van der Waals surface area (Å²) in [6.45, 7) is 0.586. The number of aliphatic imine (C=N–C) groups is 1. The molecule has 3 aromatic rings. The van der Waals surface area contributed by atoms with Crippen LogP contribution in [0.25, 0.3) is 10.4 Å². The first kappa shape index (κ1) is 29.4. The molecule has 3 aromatic carbocycles. The summed E-state index contributed by atoms with van der Waals surface area (Å²) in [5.41, 5.74) is 13.4. The third kappa shape index (κ3) is 6.96. The maximum absolute atomic E-state index is 14.1. The molecule has 11 nitrogen and oxygen atoms in total. The van der Waals surface area contributed by atoms with Gasteiger partial charge in [-0.15, -0.1) is 0 Å². The second kappa shape index (κ2) is 13.7. The first-order valence-electron chi connectivity index (χ1n) is 13.2. The van der Waals surface area contributed by atoms with E-state index in [4.69, 9.17) is 29.8 Å². The molecule has 214 valence electrons. The summed E-state index contributed by atoms with van der Waals surface area (Å²) in [4.78, 5) is 22.1. The zero-order chi connectivity index (χ0) is 29.2. The van der Waals surface area contributed by atoms with Gasteiger partial charge in [-0.1, -0.05) is 41.5 Å². The van der Waals surface area contributed by atoms with Crippen molar-refractivity contribution >= 4 is 11.8 Å². The summed E-state index contributed by atoms with van der Waals surface area (Å²) in [5, 5.41) is 14.3. The van der Waals surface area contributed by atoms with E-state index in [0.717, 1.165) is 11.1 Å². The Labute approximate surface area is 239 Å². The van der Waals surface area contributed by atoms with Crippen molar-refractivity contribution < 1.29 is 24.1 Å². The number of aliphatic hydroxyl groups excluding tert-OH is 1. The number of aliphatic hydroxyl groups is 1. The number of nitrogens with one attached hydrogen (secondary N) is 1. The van der Waals surface area contributed by atoms with Crippen molar-refractivity contribution in [2.75, 3.05) is 34.4 Å². The molecule has 4 rings (SSSR count). The summed E-state index contributed by atoms with van der Waals surface area (Å²) in [6, 6.07) is 22.2. The number of nitrogens with zero attached hydrogens (tertiary/aromatic N) is 5. The Bertz CT molecular complexity index is 1420. The summed E-state index contributed by atoms with van der Waals surface area (Å²) < 4.78 is 17.7. The maximum atomic E-state index is 14.1. The average Bonchev–Trinajstić information content (AvgIpc) is 3.37. The molecule has 0 fully saturated rings. The summed E-state index contributed by atoms with van der Waals surface area (Å²) >= 11 is 0. The summed E-state index contributed by atoms with van der Waals surface area (Å²) in [7, 11) is 5.05. The molecule has 11 heteroatoms. The van der Waals surface area contributed by atoms with E-state index in [-0.39, 0.29) is 25.5 Å². The molecule has 1 aliphatic heterocycles. The fraction of sp³-hybridized carbons (Fsp3) is 0.333. The third-order valence-corrected chi connectivity index (χ3v) is 6.63. The molecule has 41 heavy (non-hydrogen) atoms. The number of hydrogen-bond acceptors (Lipinski definition) is 8. The number of benzene rings is 3. The first-order chi connectivity index (χ1) is 19.9. The van der Waals surface area contributed by atoms with Crippen molar-refractivity contribution in [2.45, 2.75) is 31.0 Å². The van der Waals surface area contributed by atoms with Crippen LogP contribution in [-0.2, 0) is 22.5 Å². The molecule has 0 saturated heterocycles. The van der Waals surface area contributed by atoms with Crippen molar-refractivity contribution in [1.29, 1.82) is 0 Å². The van der Waals surface area contributed by atoms with Crippen LogP contribution in [0.15, 0.2) is 82.9 Å². The van der Waals surface area contributed by atoms with Crippen LogP contribution in [-0.4, -0.2) is 61.9 Å². The second-order valence-electron chi connectivity index (χ2n) is 9.74. The predicted octanol–water partition coefficient (Wildman–Crippen LogP) is 4.36. The molecule has 0 aromatic heterocycles. The van der Waals surface area contributed by atoms with Crippen LogP contribution in [0, 0.1) is 0 Å². The van der Waals surface area contributed by atoms with Crippen LogP contribution in [0.5, 0.6) is 11.5 Å². The van der Waals surface area contributed by atoms with E-state index in [2.05, 4.69) is 15.5 Å². The van der Waals surface area contributed by atoms with Gasteiger partial charge in [-0.25, -0.2) is 10.0 Å². The minimum absolute atomic E-state index is 0.0531. The molecule has 1 heterocycles. The van der Waals surface area contributed by atoms with Crippen LogP contribution >= 0.6 is 0 Å². The van der Waals surface area contributed by atoms with Crippen molar-refractivity contribution in [3.8, 4) is 11.5 Å². The number of ether oxygens (including phenoxy) is 3. The van der Waals surface area contributed by atoms with Crippen LogP contribution in [0.2, 0.25) is 0 Å². The third-order valence-electron chi connectivity index (χ3n) is 6.63. The maximum Gasteiger partial charge on any atom is 0.266 e. The summed E-state index contributed by atoms with van der Waals surface area (Å²) in [5.74, 6) is 1.22. The minimum atomic E-state index is -1.42. The first-order valence-corrected chi connectivity index (χ1v) is 13.2. The van der Waals surface area contributed by atoms with Crippen molar-refractivity contribution in [3.05, 3.63) is 105 Å². The van der Waals surface area contributed by atoms with E-state index in [1.54, 1.807) is 38.3 Å². The lowest BCUT2D eigenvalue weighted by atomic mass is 9.81. The van der Waals surface area contributed by atoms with Crippen LogP contribution in [0.4, 0.5) is 0 Å². The van der Waals surface area contributed by atoms with Gasteiger partial charge in [-0.3, -0.25) is 10.2 Å². The van der Waals surface area contributed by atoms with Gasteiger partial charge in [0.05, 0.1) is 20.3 Å². The van der Waals surface area contributed by atoms with Crippen molar-refractivity contribution in [1.82, 2.24) is 10.4 Å². The Morgan fingerprint density at radius 3 is 2.56 bits per heavy atom. The lowest BCUT2D eigenvalue weighted by Crippen LogP contribution is -2.53. The standard InChI is InChI=1S/C30H34N6O5/c1-36(2)34-29(38)30(19-23-8-4-5-9-24(23)20-32-35-31)27(22-10-6-11-26(18-22)39-3)41-28(33-30)21-12-14-25(15-13-21)40-17-7-16-37/h4-6,8-15,18,27,37H,7,16-17,19-20H2,1-3H3,(H,34,38)/t27-,30-/m0/s1. The average molecular weight is 559 g/mol. The Morgan fingerprint density at radius 1 is 1.12 bits per heavy atom. The fourth-order valence-corrected chi connectivity index (χ4v) is 4.67. The number of hydrogen-bond donors (Lipinski definition) is 2. The van der Waals surface area contributed by atoms with E-state index in [1.807, 2.05) is 60.7 Å². The predicted molar refractivity (Wildman–Crippen MR) is 155 cm³/mol. The highest BCUT2D eigenvalue weighted by Crippen LogP contribution is 2.43. The fourth-order valence-electron chi connectivity index (χ4n) is 4.67. The van der Waals surface area contributed by atoms with Gasteiger partial charge in [0, 0.05) is 44.0 Å². The molecule has 0 unspecified atom stereocenters. The normalized spacial score (nSPS) is 17.8. The molecule has 2 N–H and O–H groups in total. The lowest BCUT2D eigenvalue weighted by molar-refractivity contribution is -0.132. The molecule has 0 radical (unpaired) electrons. The van der Waals surface area contributed by atoms with Gasteiger partial charge in [0.25, 0.3) is 5.91 Å². The van der Waals surface area contributed by atoms with E-state index in [9.17, 15) is 4.79 Å². The van der Waals surface area contributed by atoms with Gasteiger partial charge < -0.3 is 19.3 Å². The SMILES string of the molecule is COc1cccc([C@@H]2OC(c3ccc(OCCCO)cc3)=N[C@]2(Cc2ccccc2CN=[N+]=[N-])C(=O)NN(C)C)c1. The lowest BCUT2D eigenvalue weighted by Gasteiger charge is -2.32. The largest absolute Gasteiger partial charge is 0.497 e. The second-order valence-corrected chi connectivity index (χ2v) is 9.74. The highest BCUT2D eigenvalue weighted by Gasteiger charge is 2.53. The minimum Gasteiger partial charge on any atom is -0.497 e. The monoisotopic (exact) mass is 558 g/mol. The zero-order valence-corrected chi connectivity index (χ0v) is 23.4. The van der Waals surface area contributed by atoms with E-state index in [0.29, 0.717) is 41.6 Å². The molecule has 1 aliphatic rings. The van der Waals surface area contributed by atoms with Crippen LogP contribution in [0.1, 0.15) is 34.8 Å². The molecule has 0 saturated carbocycles. The Kier molecular flexibility index (Phi) is 9.81. The van der Waals surface area contributed by atoms with Gasteiger partial charge in [-0.05, 0) is 58.6 Å². The van der Waals surface area contributed by atoms with E-state index < -0.39 is 11.6 Å². The number of carbonyl (C=O) groups excluding carboxylic acids is 1. The number of methoxy groups -OCH3 is 1. The van der Waals surface area contributed by atoms with E-state index >= 15 is 0 Å². The summed E-state index contributed by atoms with van der Waals surface area (Å²) in [6.07, 6.45) is -0.0948. The molecule has 1 amide bonds. The van der Waals surface area contributed by atoms with Gasteiger partial charge in [-0.2, -0.15) is 0 Å². The Balaban J connectivity index is 1.84. The topological polar surface area (TPSA) is 141 Å². The molecule has 0 spiro atoms. The van der Waals surface area contributed by atoms with Crippen LogP contribution in [0.3, 0.4) is 0 Å². The van der Waals surface area contributed by atoms with Gasteiger partial charge in [0.1, 0.15) is 11.5 Å². The Hall–Kier alpha value is -4.57. The smallest absolute Gasteiger partial charge is 0.266 e. The number of carbonyl (C=O) groups is 1. The number of hydrazine groups is 1. The highest BCUT2D eigenvalue weighted by molar-refractivity contribution is 6.01. The number of rotatable bonds is 13. The highest BCUT2D eigenvalue weighted by atomic mass is 16.5. The van der Waals surface area contributed by atoms with Crippen molar-refractivity contribution in [3.63, 3.8) is 0 Å². The van der Waals surface area contributed by atoms with Gasteiger partial charge in [0.15, 0.2) is 11.6 Å². The molecule has 0 aliphatic carbocycles. The quantitative estimate of drug-likeness (QED) is 0.105. The van der Waals surface area contributed by atoms with Gasteiger partial charge in [0.2, 0.25) is 5.90 Å². The Morgan fingerprint density at radius 2 is 1.88 bits per heavy atom. The van der Waals surface area contributed by atoms with Gasteiger partial charge >= 0.3 is 0 Å². The molecule has 0 bridgehead atoms.